The van der Waals surface area contributed by atoms with E-state index in [0.29, 0.717) is 49.1 Å². The maximum atomic E-state index is 12.8. The standard InChI is InChI=1S/C34H30Cl2N4O5S/c1-3-43-33(42)31-20(2)38-34(46)39-32(31)24-10-6-7-11-28(24)45-19-30(41)40-37-17-25-23-9-5-4-8-22(23)13-15-29(25)44-18-21-12-14-26(35)27(36)16-21/h4-17,32H,3,18-19H2,1-2H3,(H,40,41)(H2,38,39,46)/t32-/m1/s1. The molecule has 9 nitrogen and oxygen atoms in total. The van der Waals surface area contributed by atoms with Crippen molar-refractivity contribution in [2.24, 2.45) is 5.10 Å². The Morgan fingerprint density at radius 3 is 2.57 bits per heavy atom. The summed E-state index contributed by atoms with van der Waals surface area (Å²) < 4.78 is 17.3. The van der Waals surface area contributed by atoms with E-state index >= 15 is 0 Å². The highest BCUT2D eigenvalue weighted by molar-refractivity contribution is 7.80. The molecule has 4 aromatic carbocycles. The molecule has 1 amide bonds. The molecule has 4 aromatic rings. The highest BCUT2D eigenvalue weighted by Crippen LogP contribution is 2.34. The fourth-order valence-corrected chi connectivity index (χ4v) is 5.52. The van der Waals surface area contributed by atoms with Crippen molar-refractivity contribution in [2.75, 3.05) is 13.2 Å². The van der Waals surface area contributed by atoms with Crippen molar-refractivity contribution in [1.29, 1.82) is 0 Å². The van der Waals surface area contributed by atoms with Gasteiger partial charge in [-0.3, -0.25) is 4.79 Å². The summed E-state index contributed by atoms with van der Waals surface area (Å²) in [5, 5.41) is 13.4. The largest absolute Gasteiger partial charge is 0.488 e. The molecule has 0 saturated heterocycles. The van der Waals surface area contributed by atoms with Crippen LogP contribution in [0.5, 0.6) is 11.5 Å². The SMILES string of the molecule is CCOC(=O)C1=C(C)NC(=S)N[C@@H]1c1ccccc1OCC(=O)NN=Cc1c(OCc2ccc(Cl)c(Cl)c2)ccc2ccccc12. The van der Waals surface area contributed by atoms with Crippen LogP contribution in [0.3, 0.4) is 0 Å². The van der Waals surface area contributed by atoms with Crippen molar-refractivity contribution in [1.82, 2.24) is 16.1 Å². The zero-order chi connectivity index (χ0) is 32.6. The second-order valence-corrected chi connectivity index (χ2v) is 11.4. The summed E-state index contributed by atoms with van der Waals surface area (Å²) in [4.78, 5) is 25.7. The number of fused-ring (bicyclic) bond motifs is 1. The van der Waals surface area contributed by atoms with Gasteiger partial charge in [-0.05, 0) is 66.7 Å². The van der Waals surface area contributed by atoms with Gasteiger partial charge in [0.25, 0.3) is 5.91 Å². The summed E-state index contributed by atoms with van der Waals surface area (Å²) in [5.41, 5.74) is 5.61. The third-order valence-electron chi connectivity index (χ3n) is 7.05. The quantitative estimate of drug-likeness (QED) is 0.0705. The maximum Gasteiger partial charge on any atom is 0.338 e. The van der Waals surface area contributed by atoms with Crippen molar-refractivity contribution in [3.63, 3.8) is 0 Å². The molecule has 0 fully saturated rings. The Morgan fingerprint density at radius 1 is 0.978 bits per heavy atom. The van der Waals surface area contributed by atoms with E-state index in [0.717, 1.165) is 16.3 Å². The summed E-state index contributed by atoms with van der Waals surface area (Å²) >= 11 is 17.6. The fourth-order valence-electron chi connectivity index (χ4n) is 4.93. The molecular weight excluding hydrogens is 647 g/mol. The highest BCUT2D eigenvalue weighted by atomic mass is 35.5. The molecule has 5 rings (SSSR count). The van der Waals surface area contributed by atoms with Crippen LogP contribution in [0.4, 0.5) is 0 Å². The number of allylic oxidation sites excluding steroid dienone is 1. The van der Waals surface area contributed by atoms with Gasteiger partial charge in [0.1, 0.15) is 18.1 Å². The second kappa shape index (κ2) is 15.1. The molecule has 12 heteroatoms. The van der Waals surface area contributed by atoms with Crippen molar-refractivity contribution < 1.29 is 23.8 Å². The molecule has 0 bridgehead atoms. The minimum atomic E-state index is -0.640. The first-order valence-corrected chi connectivity index (χ1v) is 15.5. The minimum Gasteiger partial charge on any atom is -0.488 e. The Kier molecular flexibility index (Phi) is 10.7. The average Bonchev–Trinajstić information content (AvgIpc) is 3.04. The van der Waals surface area contributed by atoms with Gasteiger partial charge in [0.2, 0.25) is 0 Å². The predicted octanol–water partition coefficient (Wildman–Crippen LogP) is 6.61. The van der Waals surface area contributed by atoms with E-state index in [-0.39, 0.29) is 19.8 Å². The van der Waals surface area contributed by atoms with Crippen LogP contribution >= 0.6 is 35.4 Å². The Hall–Kier alpha value is -4.64. The molecule has 0 spiro atoms. The number of carbonyl (C=O) groups excluding carboxylic acids is 2. The number of thiocarbonyl (C=S) groups is 1. The molecular formula is C34H30Cl2N4O5S. The van der Waals surface area contributed by atoms with Gasteiger partial charge in [0.15, 0.2) is 11.7 Å². The van der Waals surface area contributed by atoms with E-state index in [9.17, 15) is 9.59 Å². The van der Waals surface area contributed by atoms with Gasteiger partial charge >= 0.3 is 5.97 Å². The molecule has 0 aliphatic carbocycles. The predicted molar refractivity (Wildman–Crippen MR) is 183 cm³/mol. The highest BCUT2D eigenvalue weighted by Gasteiger charge is 2.32. The summed E-state index contributed by atoms with van der Waals surface area (Å²) in [6.45, 7) is 3.62. The first kappa shape index (κ1) is 32.7. The number of halogens is 2. The molecule has 0 radical (unpaired) electrons. The second-order valence-electron chi connectivity index (χ2n) is 10.1. The van der Waals surface area contributed by atoms with Crippen molar-refractivity contribution in [2.45, 2.75) is 26.5 Å². The lowest BCUT2D eigenvalue weighted by Gasteiger charge is -2.30. The molecule has 1 heterocycles. The molecule has 3 N–H and O–H groups in total. The zero-order valence-electron chi connectivity index (χ0n) is 24.9. The van der Waals surface area contributed by atoms with Gasteiger partial charge in [-0.2, -0.15) is 5.10 Å². The number of hydrogen-bond donors (Lipinski definition) is 3. The topological polar surface area (TPSA) is 110 Å². The summed E-state index contributed by atoms with van der Waals surface area (Å²) in [7, 11) is 0. The number of carbonyl (C=O) groups is 2. The minimum absolute atomic E-state index is 0.217. The molecule has 0 unspecified atom stereocenters. The van der Waals surface area contributed by atoms with Crippen LogP contribution in [0.25, 0.3) is 10.8 Å². The first-order chi connectivity index (χ1) is 22.2. The van der Waals surface area contributed by atoms with Gasteiger partial charge in [-0.1, -0.05) is 77.8 Å². The molecule has 1 aliphatic rings. The number of ether oxygens (including phenoxy) is 3. The zero-order valence-corrected chi connectivity index (χ0v) is 27.3. The number of hydrazone groups is 1. The Morgan fingerprint density at radius 2 is 1.76 bits per heavy atom. The summed E-state index contributed by atoms with van der Waals surface area (Å²) in [6, 6.07) is 23.3. The Bertz CT molecular complexity index is 1860. The van der Waals surface area contributed by atoms with E-state index in [1.54, 1.807) is 44.2 Å². The van der Waals surface area contributed by atoms with Gasteiger partial charge in [0.05, 0.1) is 34.5 Å². The lowest BCUT2D eigenvalue weighted by atomic mass is 9.95. The van der Waals surface area contributed by atoms with Gasteiger partial charge in [-0.25, -0.2) is 10.2 Å². The smallest absolute Gasteiger partial charge is 0.338 e. The fraction of sp³-hybridized carbons (Fsp3) is 0.176. The van der Waals surface area contributed by atoms with E-state index in [2.05, 4.69) is 21.2 Å². The van der Waals surface area contributed by atoms with Crippen LogP contribution in [-0.2, 0) is 20.9 Å². The van der Waals surface area contributed by atoms with Gasteiger partial charge < -0.3 is 24.8 Å². The van der Waals surface area contributed by atoms with E-state index < -0.39 is 17.9 Å². The number of nitrogens with one attached hydrogen (secondary N) is 3. The van der Waals surface area contributed by atoms with Crippen LogP contribution in [0.15, 0.2) is 95.2 Å². The first-order valence-electron chi connectivity index (χ1n) is 14.3. The Labute approximate surface area is 281 Å². The third-order valence-corrected chi connectivity index (χ3v) is 8.00. The summed E-state index contributed by atoms with van der Waals surface area (Å²) in [6.07, 6.45) is 1.54. The lowest BCUT2D eigenvalue weighted by Crippen LogP contribution is -2.45. The van der Waals surface area contributed by atoms with Crippen LogP contribution < -0.4 is 25.5 Å². The number of nitrogens with zero attached hydrogens (tertiary/aromatic N) is 1. The normalized spacial score (nSPS) is 14.5. The number of esters is 1. The van der Waals surface area contributed by atoms with Crippen molar-refractivity contribution in [3.05, 3.63) is 117 Å². The van der Waals surface area contributed by atoms with E-state index in [4.69, 9.17) is 49.6 Å². The van der Waals surface area contributed by atoms with E-state index in [1.165, 1.54) is 6.21 Å². The number of rotatable bonds is 11. The van der Waals surface area contributed by atoms with Crippen LogP contribution in [0, 0.1) is 0 Å². The molecule has 1 aliphatic heterocycles. The monoisotopic (exact) mass is 676 g/mol. The maximum absolute atomic E-state index is 12.8. The van der Waals surface area contributed by atoms with Gasteiger partial charge in [-0.15, -0.1) is 0 Å². The third kappa shape index (κ3) is 7.77. The number of amides is 1. The number of hydrogen-bond acceptors (Lipinski definition) is 7. The number of benzene rings is 4. The molecule has 236 valence electrons. The van der Waals surface area contributed by atoms with Crippen LogP contribution in [0.2, 0.25) is 10.0 Å². The van der Waals surface area contributed by atoms with E-state index in [1.807, 2.05) is 48.5 Å². The van der Waals surface area contributed by atoms with Crippen molar-refractivity contribution >= 4 is 69.4 Å². The molecule has 0 saturated carbocycles. The summed E-state index contributed by atoms with van der Waals surface area (Å²) in [5.74, 6) is -0.00890. The van der Waals surface area contributed by atoms with Crippen LogP contribution in [-0.4, -0.2) is 36.4 Å². The molecule has 1 atom stereocenters. The van der Waals surface area contributed by atoms with Crippen molar-refractivity contribution in [3.8, 4) is 11.5 Å². The number of para-hydroxylation sites is 1. The average molecular weight is 678 g/mol. The Balaban J connectivity index is 1.29. The molecule has 0 aromatic heterocycles. The van der Waals surface area contributed by atoms with Crippen LogP contribution in [0.1, 0.15) is 36.6 Å². The van der Waals surface area contributed by atoms with Gasteiger partial charge in [0, 0.05) is 16.8 Å². The molecule has 46 heavy (non-hydrogen) atoms. The lowest BCUT2D eigenvalue weighted by molar-refractivity contribution is -0.139.